The largest absolute Gasteiger partial charge is 0.378 e. The maximum absolute atomic E-state index is 13.5. The Morgan fingerprint density at radius 2 is 2.11 bits per heavy atom. The van der Waals surface area contributed by atoms with E-state index >= 15 is 0 Å². The molecule has 0 aliphatic carbocycles. The minimum absolute atomic E-state index is 0.139. The summed E-state index contributed by atoms with van der Waals surface area (Å²) < 4.78 is 29.8. The topological polar surface area (TPSA) is 110 Å². The van der Waals surface area contributed by atoms with Crippen molar-refractivity contribution in [3.63, 3.8) is 0 Å². The Bertz CT molecular complexity index is 1510. The molecule has 1 atom stereocenters. The van der Waals surface area contributed by atoms with Gasteiger partial charge in [-0.1, -0.05) is 12.1 Å². The van der Waals surface area contributed by atoms with Crippen LogP contribution in [0.25, 0.3) is 16.7 Å². The Labute approximate surface area is 205 Å². The van der Waals surface area contributed by atoms with Gasteiger partial charge in [-0.15, -0.1) is 6.58 Å². The standard InChI is InChI=1S/C25H25F2N7O2/c1-3-10-33-22(35)19-14-30-24(31-17-5-4-16-13-28-8-6-15(16)11-17)32-21(19)34(33)18-7-9-29-20(12-18)25(2,36)23(26)27/h3-5,7,9,11-12,14,23,28,36H,1,6,8,10,13H2,2H3,(H,30,31,32). The molecule has 0 bridgehead atoms. The first-order valence-corrected chi connectivity index (χ1v) is 11.5. The fourth-order valence-electron chi connectivity index (χ4n) is 4.26. The fourth-order valence-corrected chi connectivity index (χ4v) is 4.26. The minimum Gasteiger partial charge on any atom is -0.378 e. The van der Waals surface area contributed by atoms with Crippen LogP contribution in [-0.4, -0.2) is 42.4 Å². The molecule has 186 valence electrons. The second-order valence-electron chi connectivity index (χ2n) is 8.80. The summed E-state index contributed by atoms with van der Waals surface area (Å²) in [4.78, 5) is 26.0. The zero-order chi connectivity index (χ0) is 25.4. The van der Waals surface area contributed by atoms with Crippen LogP contribution in [0.2, 0.25) is 0 Å². The van der Waals surface area contributed by atoms with E-state index in [1.807, 2.05) is 12.1 Å². The summed E-state index contributed by atoms with van der Waals surface area (Å²) >= 11 is 0. The number of benzene rings is 1. The molecule has 1 aliphatic heterocycles. The normalized spacial score (nSPS) is 15.0. The van der Waals surface area contributed by atoms with Crippen molar-refractivity contribution in [2.75, 3.05) is 11.9 Å². The highest BCUT2D eigenvalue weighted by Gasteiger charge is 2.36. The molecule has 0 saturated heterocycles. The zero-order valence-electron chi connectivity index (χ0n) is 19.6. The Morgan fingerprint density at radius 3 is 2.89 bits per heavy atom. The van der Waals surface area contributed by atoms with Gasteiger partial charge in [-0.3, -0.25) is 9.78 Å². The number of alkyl halides is 2. The van der Waals surface area contributed by atoms with Crippen LogP contribution in [0, 0.1) is 0 Å². The zero-order valence-corrected chi connectivity index (χ0v) is 19.6. The van der Waals surface area contributed by atoms with Crippen LogP contribution in [0.15, 0.2) is 60.2 Å². The first-order chi connectivity index (χ1) is 17.3. The maximum Gasteiger partial charge on any atom is 0.278 e. The van der Waals surface area contributed by atoms with E-state index in [1.165, 1.54) is 39.0 Å². The van der Waals surface area contributed by atoms with Gasteiger partial charge in [0.2, 0.25) is 5.95 Å². The number of aliphatic hydroxyl groups is 1. The summed E-state index contributed by atoms with van der Waals surface area (Å²) in [6.45, 7) is 6.58. The summed E-state index contributed by atoms with van der Waals surface area (Å²) in [6, 6.07) is 8.91. The van der Waals surface area contributed by atoms with Crippen molar-refractivity contribution in [2.45, 2.75) is 38.5 Å². The molecular weight excluding hydrogens is 468 g/mol. The highest BCUT2D eigenvalue weighted by atomic mass is 19.3. The second-order valence-corrected chi connectivity index (χ2v) is 8.80. The lowest BCUT2D eigenvalue weighted by Crippen LogP contribution is -2.31. The smallest absolute Gasteiger partial charge is 0.278 e. The van der Waals surface area contributed by atoms with E-state index in [0.29, 0.717) is 5.69 Å². The minimum atomic E-state index is -3.05. The molecule has 1 aromatic carbocycles. The van der Waals surface area contributed by atoms with Crippen LogP contribution in [-0.2, 0) is 25.1 Å². The quantitative estimate of drug-likeness (QED) is 0.340. The SMILES string of the molecule is C=CCn1c(=O)c2cnc(Nc3ccc4c(c3)CCNC4)nc2n1-c1ccnc(C(C)(O)C(F)F)c1. The molecular formula is C25H25F2N7O2. The monoisotopic (exact) mass is 493 g/mol. The molecule has 3 N–H and O–H groups in total. The summed E-state index contributed by atoms with van der Waals surface area (Å²) in [6.07, 6.45) is 2.15. The second kappa shape index (κ2) is 9.25. The number of aromatic nitrogens is 5. The van der Waals surface area contributed by atoms with Crippen molar-refractivity contribution in [3.05, 3.63) is 82.6 Å². The summed E-state index contributed by atoms with van der Waals surface area (Å²) in [7, 11) is 0. The van der Waals surface area contributed by atoms with Crippen molar-refractivity contribution in [2.24, 2.45) is 0 Å². The molecule has 0 radical (unpaired) electrons. The number of anilines is 2. The third-order valence-electron chi connectivity index (χ3n) is 6.26. The highest BCUT2D eigenvalue weighted by Crippen LogP contribution is 2.28. The van der Waals surface area contributed by atoms with Gasteiger partial charge in [0.05, 0.1) is 17.9 Å². The Kier molecular flexibility index (Phi) is 6.10. The number of pyridine rings is 1. The van der Waals surface area contributed by atoms with Crippen molar-refractivity contribution >= 4 is 22.7 Å². The lowest BCUT2D eigenvalue weighted by Gasteiger charge is -2.22. The first-order valence-electron chi connectivity index (χ1n) is 11.5. The average Bonchev–Trinajstić information content (AvgIpc) is 3.15. The Balaban J connectivity index is 1.62. The van der Waals surface area contributed by atoms with Gasteiger partial charge in [-0.2, -0.15) is 4.98 Å². The van der Waals surface area contributed by atoms with E-state index in [4.69, 9.17) is 0 Å². The molecule has 1 aliphatic rings. The third kappa shape index (κ3) is 4.16. The Hall–Kier alpha value is -3.96. The van der Waals surface area contributed by atoms with Crippen LogP contribution in [0.5, 0.6) is 0 Å². The fraction of sp³-hybridized carbons (Fsp3) is 0.280. The van der Waals surface area contributed by atoms with Gasteiger partial charge < -0.3 is 15.7 Å². The van der Waals surface area contributed by atoms with Gasteiger partial charge in [0.25, 0.3) is 12.0 Å². The number of hydrogen-bond donors (Lipinski definition) is 3. The molecule has 4 heterocycles. The molecule has 11 heteroatoms. The molecule has 0 saturated carbocycles. The lowest BCUT2D eigenvalue weighted by molar-refractivity contribution is -0.0910. The molecule has 0 amide bonds. The summed E-state index contributed by atoms with van der Waals surface area (Å²) in [5.41, 5.74) is 0.842. The molecule has 1 unspecified atom stereocenters. The highest BCUT2D eigenvalue weighted by molar-refractivity contribution is 5.77. The summed E-state index contributed by atoms with van der Waals surface area (Å²) in [5.74, 6) is 0.273. The number of hydrogen-bond acceptors (Lipinski definition) is 7. The van der Waals surface area contributed by atoms with Crippen molar-refractivity contribution < 1.29 is 13.9 Å². The van der Waals surface area contributed by atoms with Crippen LogP contribution >= 0.6 is 0 Å². The third-order valence-corrected chi connectivity index (χ3v) is 6.26. The molecule has 36 heavy (non-hydrogen) atoms. The van der Waals surface area contributed by atoms with Crippen molar-refractivity contribution in [1.29, 1.82) is 0 Å². The number of nitrogens with zero attached hydrogens (tertiary/aromatic N) is 5. The molecule has 9 nitrogen and oxygen atoms in total. The first kappa shape index (κ1) is 23.8. The van der Waals surface area contributed by atoms with E-state index < -0.39 is 12.0 Å². The van der Waals surface area contributed by atoms with Crippen molar-refractivity contribution in [1.82, 2.24) is 29.6 Å². The van der Waals surface area contributed by atoms with Crippen molar-refractivity contribution in [3.8, 4) is 5.69 Å². The van der Waals surface area contributed by atoms with Gasteiger partial charge >= 0.3 is 0 Å². The van der Waals surface area contributed by atoms with Gasteiger partial charge in [0.1, 0.15) is 5.39 Å². The number of fused-ring (bicyclic) bond motifs is 2. The van der Waals surface area contributed by atoms with Crippen LogP contribution in [0.4, 0.5) is 20.4 Å². The average molecular weight is 494 g/mol. The van der Waals surface area contributed by atoms with E-state index in [2.05, 4.69) is 38.2 Å². The van der Waals surface area contributed by atoms with E-state index in [1.54, 1.807) is 12.1 Å². The molecule has 4 aromatic rings. The maximum atomic E-state index is 13.5. The van der Waals surface area contributed by atoms with Crippen LogP contribution < -0.4 is 16.2 Å². The predicted octanol–water partition coefficient (Wildman–Crippen LogP) is 3.03. The number of rotatable bonds is 7. The molecule has 3 aromatic heterocycles. The molecule has 0 fully saturated rings. The lowest BCUT2D eigenvalue weighted by atomic mass is 10.0. The van der Waals surface area contributed by atoms with Gasteiger partial charge in [0.15, 0.2) is 11.2 Å². The number of allylic oxidation sites excluding steroid dienone is 1. The van der Waals surface area contributed by atoms with Gasteiger partial charge in [-0.25, -0.2) is 23.1 Å². The van der Waals surface area contributed by atoms with E-state index in [9.17, 15) is 18.7 Å². The predicted molar refractivity (Wildman–Crippen MR) is 132 cm³/mol. The van der Waals surface area contributed by atoms with E-state index in [-0.39, 0.29) is 34.8 Å². The molecule has 0 spiro atoms. The molecule has 5 rings (SSSR count). The van der Waals surface area contributed by atoms with Crippen LogP contribution in [0.3, 0.4) is 0 Å². The summed E-state index contributed by atoms with van der Waals surface area (Å²) in [5, 5.41) is 17.1. The van der Waals surface area contributed by atoms with Crippen LogP contribution in [0.1, 0.15) is 23.7 Å². The van der Waals surface area contributed by atoms with Gasteiger partial charge in [-0.05, 0) is 55.3 Å². The van der Waals surface area contributed by atoms with Gasteiger partial charge in [0, 0.05) is 24.6 Å². The number of nitrogens with one attached hydrogen (secondary N) is 2. The number of halogens is 2. The Morgan fingerprint density at radius 1 is 1.28 bits per heavy atom. The van der Waals surface area contributed by atoms with E-state index in [0.717, 1.165) is 32.1 Å².